The van der Waals surface area contributed by atoms with Gasteiger partial charge in [0.05, 0.1) is 11.4 Å². The van der Waals surface area contributed by atoms with Gasteiger partial charge in [0.15, 0.2) is 0 Å². The van der Waals surface area contributed by atoms with Crippen LogP contribution >= 0.6 is 11.6 Å². The van der Waals surface area contributed by atoms with Crippen molar-refractivity contribution in [3.8, 4) is 0 Å². The quantitative estimate of drug-likeness (QED) is 0.822. The molecule has 0 radical (unpaired) electrons. The van der Waals surface area contributed by atoms with Gasteiger partial charge in [-0.05, 0) is 18.2 Å². The van der Waals surface area contributed by atoms with Gasteiger partial charge in [-0.25, -0.2) is 0 Å². The second-order valence-corrected chi connectivity index (χ2v) is 6.85. The molecule has 110 valence electrons. The molecule has 5 nitrogen and oxygen atoms in total. The van der Waals surface area contributed by atoms with Crippen LogP contribution in [0.2, 0.25) is 5.02 Å². The SMILES string of the molecule is Nc1ccc(Cl)cc1NC(=O)CCN1CCS(=O)CC1. The normalized spacial score (nSPS) is 17.1. The minimum atomic E-state index is -0.686. The Bertz CT molecular complexity index is 514. The maximum atomic E-state index is 11.9. The molecule has 0 atom stereocenters. The van der Waals surface area contributed by atoms with Gasteiger partial charge < -0.3 is 16.0 Å². The van der Waals surface area contributed by atoms with Crippen molar-refractivity contribution in [2.24, 2.45) is 0 Å². The standard InChI is InChI=1S/C13H18ClN3O2S/c14-10-1-2-11(15)12(9-10)16-13(18)3-4-17-5-7-20(19)8-6-17/h1-2,9H,3-8,15H2,(H,16,18). The first-order valence-corrected chi connectivity index (χ1v) is 8.33. The lowest BCUT2D eigenvalue weighted by molar-refractivity contribution is -0.116. The van der Waals surface area contributed by atoms with Gasteiger partial charge in [0.1, 0.15) is 0 Å². The molecule has 20 heavy (non-hydrogen) atoms. The van der Waals surface area contributed by atoms with Gasteiger partial charge in [-0.1, -0.05) is 11.6 Å². The number of benzene rings is 1. The Morgan fingerprint density at radius 1 is 1.40 bits per heavy atom. The number of hydrogen-bond acceptors (Lipinski definition) is 4. The predicted molar refractivity (Wildman–Crippen MR) is 83.4 cm³/mol. The number of amides is 1. The van der Waals surface area contributed by atoms with Crippen LogP contribution in [0.4, 0.5) is 11.4 Å². The highest BCUT2D eigenvalue weighted by Gasteiger charge is 2.16. The fourth-order valence-corrected chi connectivity index (χ4v) is 3.31. The van der Waals surface area contributed by atoms with Crippen LogP contribution in [0, 0.1) is 0 Å². The Morgan fingerprint density at radius 2 is 2.10 bits per heavy atom. The lowest BCUT2D eigenvalue weighted by Crippen LogP contribution is -2.39. The highest BCUT2D eigenvalue weighted by atomic mass is 35.5. The van der Waals surface area contributed by atoms with E-state index in [1.807, 2.05) is 0 Å². The van der Waals surface area contributed by atoms with Gasteiger partial charge in [0.2, 0.25) is 5.91 Å². The van der Waals surface area contributed by atoms with Crippen molar-refractivity contribution >= 4 is 39.7 Å². The first-order chi connectivity index (χ1) is 9.54. The molecule has 1 amide bonds. The number of carbonyl (C=O) groups excluding carboxylic acids is 1. The third kappa shape index (κ3) is 4.47. The molecule has 3 N–H and O–H groups in total. The summed E-state index contributed by atoms with van der Waals surface area (Å²) in [4.78, 5) is 14.0. The number of rotatable bonds is 4. The summed E-state index contributed by atoms with van der Waals surface area (Å²) in [7, 11) is -0.686. The van der Waals surface area contributed by atoms with Crippen LogP contribution in [0.3, 0.4) is 0 Å². The molecule has 2 rings (SSSR count). The topological polar surface area (TPSA) is 75.4 Å². The van der Waals surface area contributed by atoms with E-state index in [9.17, 15) is 9.00 Å². The lowest BCUT2D eigenvalue weighted by Gasteiger charge is -2.25. The minimum absolute atomic E-state index is 0.0920. The molecule has 7 heteroatoms. The molecule has 1 aromatic rings. The van der Waals surface area contributed by atoms with Crippen molar-refractivity contribution in [1.82, 2.24) is 4.90 Å². The lowest BCUT2D eigenvalue weighted by atomic mass is 10.2. The Balaban J connectivity index is 1.80. The predicted octanol–water partition coefficient (Wildman–Crippen LogP) is 1.32. The smallest absolute Gasteiger partial charge is 0.225 e. The number of nitrogens with one attached hydrogen (secondary N) is 1. The van der Waals surface area contributed by atoms with Gasteiger partial charge in [-0.3, -0.25) is 9.00 Å². The number of nitrogens with two attached hydrogens (primary N) is 1. The summed E-state index contributed by atoms with van der Waals surface area (Å²) in [6.07, 6.45) is 0.387. The number of nitrogen functional groups attached to an aromatic ring is 1. The maximum absolute atomic E-state index is 11.9. The third-order valence-corrected chi connectivity index (χ3v) is 4.73. The van der Waals surface area contributed by atoms with E-state index in [0.717, 1.165) is 13.1 Å². The third-order valence-electron chi connectivity index (χ3n) is 3.21. The molecule has 1 fully saturated rings. The first-order valence-electron chi connectivity index (χ1n) is 6.47. The maximum Gasteiger partial charge on any atom is 0.225 e. The fourth-order valence-electron chi connectivity index (χ4n) is 2.01. The van der Waals surface area contributed by atoms with Crippen molar-refractivity contribution in [3.63, 3.8) is 0 Å². The zero-order chi connectivity index (χ0) is 14.5. The minimum Gasteiger partial charge on any atom is -0.397 e. The zero-order valence-electron chi connectivity index (χ0n) is 11.1. The van der Waals surface area contributed by atoms with Crippen molar-refractivity contribution in [2.45, 2.75) is 6.42 Å². The number of carbonyl (C=O) groups is 1. The largest absolute Gasteiger partial charge is 0.397 e. The Morgan fingerprint density at radius 3 is 2.80 bits per heavy atom. The van der Waals surface area contributed by atoms with Crippen LogP contribution < -0.4 is 11.1 Å². The van der Waals surface area contributed by atoms with Crippen molar-refractivity contribution in [1.29, 1.82) is 0 Å². The molecular weight excluding hydrogens is 298 g/mol. The molecule has 1 saturated heterocycles. The van der Waals surface area contributed by atoms with Crippen LogP contribution in [0.5, 0.6) is 0 Å². The van der Waals surface area contributed by atoms with E-state index in [4.69, 9.17) is 17.3 Å². The van der Waals surface area contributed by atoms with Gasteiger partial charge in [-0.2, -0.15) is 0 Å². The van der Waals surface area contributed by atoms with E-state index < -0.39 is 10.8 Å². The second-order valence-electron chi connectivity index (χ2n) is 4.72. The van der Waals surface area contributed by atoms with Gasteiger partial charge >= 0.3 is 0 Å². The van der Waals surface area contributed by atoms with E-state index in [0.29, 0.717) is 40.9 Å². The monoisotopic (exact) mass is 315 g/mol. The van der Waals surface area contributed by atoms with E-state index in [1.165, 1.54) is 0 Å². The average Bonchev–Trinajstić information content (AvgIpc) is 2.42. The van der Waals surface area contributed by atoms with Crippen molar-refractivity contribution in [3.05, 3.63) is 23.2 Å². The van der Waals surface area contributed by atoms with Crippen LogP contribution in [0.1, 0.15) is 6.42 Å². The van der Waals surface area contributed by atoms with Gasteiger partial charge in [0, 0.05) is 53.4 Å². The van der Waals surface area contributed by atoms with E-state index >= 15 is 0 Å². The number of anilines is 2. The Kier molecular flexibility index (Phi) is 5.39. The van der Waals surface area contributed by atoms with Crippen LogP contribution in [0.15, 0.2) is 18.2 Å². The summed E-state index contributed by atoms with van der Waals surface area (Å²) in [6, 6.07) is 4.98. The molecular formula is C13H18ClN3O2S. The summed E-state index contributed by atoms with van der Waals surface area (Å²) in [6.45, 7) is 2.25. The molecule has 1 aliphatic heterocycles. The van der Waals surface area contributed by atoms with E-state index in [-0.39, 0.29) is 5.91 Å². The number of hydrogen-bond donors (Lipinski definition) is 2. The summed E-state index contributed by atoms with van der Waals surface area (Å²) in [5.41, 5.74) is 6.81. The molecule has 0 aliphatic carbocycles. The molecule has 1 aliphatic rings. The summed E-state index contributed by atoms with van der Waals surface area (Å²) in [5, 5.41) is 3.30. The Hall–Kier alpha value is -1.11. The molecule has 0 unspecified atom stereocenters. The van der Waals surface area contributed by atoms with Crippen molar-refractivity contribution in [2.75, 3.05) is 42.2 Å². The van der Waals surface area contributed by atoms with Crippen LogP contribution in [0.25, 0.3) is 0 Å². The number of nitrogens with zero attached hydrogens (tertiary/aromatic N) is 1. The highest BCUT2D eigenvalue weighted by molar-refractivity contribution is 7.85. The summed E-state index contributed by atoms with van der Waals surface area (Å²) >= 11 is 5.87. The highest BCUT2D eigenvalue weighted by Crippen LogP contribution is 2.22. The molecule has 1 heterocycles. The summed E-state index contributed by atoms with van der Waals surface area (Å²) in [5.74, 6) is 1.30. The first kappa shape index (κ1) is 15.3. The van der Waals surface area contributed by atoms with Crippen molar-refractivity contribution < 1.29 is 9.00 Å². The molecule has 0 saturated carbocycles. The molecule has 1 aromatic carbocycles. The Labute approximate surface area is 125 Å². The number of halogens is 1. The molecule has 0 aromatic heterocycles. The average molecular weight is 316 g/mol. The van der Waals surface area contributed by atoms with Crippen LogP contribution in [-0.4, -0.2) is 46.2 Å². The second kappa shape index (κ2) is 7.06. The molecule has 0 bridgehead atoms. The van der Waals surface area contributed by atoms with E-state index in [1.54, 1.807) is 18.2 Å². The molecule has 0 spiro atoms. The van der Waals surface area contributed by atoms with Gasteiger partial charge in [0.25, 0.3) is 0 Å². The summed E-state index contributed by atoms with van der Waals surface area (Å²) < 4.78 is 11.2. The van der Waals surface area contributed by atoms with Crippen LogP contribution in [-0.2, 0) is 15.6 Å². The van der Waals surface area contributed by atoms with Gasteiger partial charge in [-0.15, -0.1) is 0 Å². The fraction of sp³-hybridized carbons (Fsp3) is 0.462. The zero-order valence-corrected chi connectivity index (χ0v) is 12.7. The van der Waals surface area contributed by atoms with E-state index in [2.05, 4.69) is 10.2 Å².